The van der Waals surface area contributed by atoms with Crippen molar-refractivity contribution in [3.05, 3.63) is 59.2 Å². The number of aryl methyl sites for hydroxylation is 1. The molecule has 2 N–H and O–H groups in total. The largest absolute Gasteiger partial charge is 0.388 e. The summed E-state index contributed by atoms with van der Waals surface area (Å²) in [5.74, 6) is -0.197. The molecular weight excluding hydrogens is 322 g/mol. The molecule has 1 heterocycles. The highest BCUT2D eigenvalue weighted by atomic mass is 32.1. The van der Waals surface area contributed by atoms with Gasteiger partial charge in [-0.05, 0) is 42.2 Å². The van der Waals surface area contributed by atoms with Crippen LogP contribution in [0.5, 0.6) is 0 Å². The Morgan fingerprint density at radius 2 is 1.96 bits per heavy atom. The fraction of sp³-hybridized carbons (Fsp3) is 0.278. The molecule has 0 saturated carbocycles. The minimum Gasteiger partial charge on any atom is -0.388 e. The van der Waals surface area contributed by atoms with Crippen molar-refractivity contribution in [3.63, 3.8) is 0 Å². The molecule has 6 heteroatoms. The zero-order valence-electron chi connectivity index (χ0n) is 13.0. The molecule has 1 atom stereocenters. The van der Waals surface area contributed by atoms with Gasteiger partial charge >= 0.3 is 0 Å². The summed E-state index contributed by atoms with van der Waals surface area (Å²) in [7, 11) is 0. The number of hydrogen-bond acceptors (Lipinski definition) is 5. The molecule has 0 aliphatic heterocycles. The van der Waals surface area contributed by atoms with Crippen molar-refractivity contribution < 1.29 is 9.90 Å². The van der Waals surface area contributed by atoms with Gasteiger partial charge in [0.05, 0.1) is 17.3 Å². The number of nitrogens with zero attached hydrogens (tertiary/aromatic N) is 2. The molecular formula is C18H17N3O2S. The first-order valence-corrected chi connectivity index (χ1v) is 8.66. The van der Waals surface area contributed by atoms with E-state index >= 15 is 0 Å². The van der Waals surface area contributed by atoms with E-state index in [1.54, 1.807) is 18.2 Å². The van der Waals surface area contributed by atoms with Crippen molar-refractivity contribution in [1.29, 1.82) is 0 Å². The van der Waals surface area contributed by atoms with Crippen LogP contribution >= 0.6 is 11.7 Å². The summed E-state index contributed by atoms with van der Waals surface area (Å²) in [6.07, 6.45) is 2.05. The van der Waals surface area contributed by atoms with Gasteiger partial charge in [-0.15, -0.1) is 0 Å². The molecule has 122 valence electrons. The Labute approximate surface area is 143 Å². The fourth-order valence-corrected chi connectivity index (χ4v) is 3.72. The minimum absolute atomic E-state index is 0.197. The van der Waals surface area contributed by atoms with E-state index in [1.807, 2.05) is 18.2 Å². The molecule has 0 radical (unpaired) electrons. The third-order valence-electron chi connectivity index (χ3n) is 4.59. The highest BCUT2D eigenvalue weighted by Crippen LogP contribution is 2.28. The van der Waals surface area contributed by atoms with Crippen molar-refractivity contribution in [2.75, 3.05) is 6.54 Å². The first kappa shape index (κ1) is 15.2. The molecule has 0 spiro atoms. The number of aliphatic hydroxyl groups is 1. The second-order valence-electron chi connectivity index (χ2n) is 6.32. The number of carbonyl (C=O) groups excluding carboxylic acids is 1. The van der Waals surface area contributed by atoms with Gasteiger partial charge in [0.1, 0.15) is 11.0 Å². The van der Waals surface area contributed by atoms with Crippen LogP contribution < -0.4 is 5.32 Å². The number of carbonyl (C=O) groups is 1. The smallest absolute Gasteiger partial charge is 0.251 e. The van der Waals surface area contributed by atoms with E-state index in [0.29, 0.717) is 18.4 Å². The maximum Gasteiger partial charge on any atom is 0.251 e. The number of fused-ring (bicyclic) bond motifs is 2. The van der Waals surface area contributed by atoms with Crippen molar-refractivity contribution in [1.82, 2.24) is 14.1 Å². The maximum atomic E-state index is 12.4. The predicted molar refractivity (Wildman–Crippen MR) is 93.2 cm³/mol. The van der Waals surface area contributed by atoms with E-state index in [-0.39, 0.29) is 12.5 Å². The van der Waals surface area contributed by atoms with Crippen molar-refractivity contribution in [2.24, 2.45) is 0 Å². The maximum absolute atomic E-state index is 12.4. The van der Waals surface area contributed by atoms with Crippen molar-refractivity contribution in [2.45, 2.75) is 24.9 Å². The average Bonchev–Trinajstić information content (AvgIpc) is 3.07. The Kier molecular flexibility index (Phi) is 3.78. The number of aromatic nitrogens is 2. The lowest BCUT2D eigenvalue weighted by atomic mass is 9.80. The van der Waals surface area contributed by atoms with Gasteiger partial charge in [-0.25, -0.2) is 0 Å². The van der Waals surface area contributed by atoms with E-state index in [0.717, 1.165) is 34.7 Å². The number of hydrogen-bond donors (Lipinski definition) is 2. The highest BCUT2D eigenvalue weighted by Gasteiger charge is 2.32. The molecule has 24 heavy (non-hydrogen) atoms. The summed E-state index contributed by atoms with van der Waals surface area (Å²) < 4.78 is 8.28. The lowest BCUT2D eigenvalue weighted by Gasteiger charge is -2.33. The van der Waals surface area contributed by atoms with Crippen LogP contribution in [0, 0.1) is 0 Å². The number of amides is 1. The summed E-state index contributed by atoms with van der Waals surface area (Å²) in [6.45, 7) is 0.244. The van der Waals surface area contributed by atoms with Crippen molar-refractivity contribution >= 4 is 28.7 Å². The topological polar surface area (TPSA) is 75.1 Å². The standard InChI is InChI=1S/C18H17N3O2S/c22-17(13-5-6-15-16(9-13)21-24-20-15)19-11-18(23)8-7-12-3-1-2-4-14(12)10-18/h1-6,9,23H,7-8,10-11H2,(H,19,22). The Bertz CT molecular complexity index is 908. The normalized spacial score (nSPS) is 19.9. The van der Waals surface area contributed by atoms with E-state index in [2.05, 4.69) is 20.1 Å². The van der Waals surface area contributed by atoms with Gasteiger partial charge in [-0.1, -0.05) is 24.3 Å². The Morgan fingerprint density at radius 1 is 1.17 bits per heavy atom. The van der Waals surface area contributed by atoms with Gasteiger partial charge in [0.25, 0.3) is 5.91 Å². The molecule has 2 aromatic carbocycles. The van der Waals surface area contributed by atoms with Crippen LogP contribution in [0.1, 0.15) is 27.9 Å². The number of rotatable bonds is 3. The monoisotopic (exact) mass is 339 g/mol. The van der Waals surface area contributed by atoms with Crippen LogP contribution in [-0.2, 0) is 12.8 Å². The fourth-order valence-electron chi connectivity index (χ4n) is 3.21. The summed E-state index contributed by atoms with van der Waals surface area (Å²) in [4.78, 5) is 12.4. The zero-order valence-corrected chi connectivity index (χ0v) is 13.8. The van der Waals surface area contributed by atoms with Crippen molar-refractivity contribution in [3.8, 4) is 0 Å². The SMILES string of the molecule is O=C(NCC1(O)CCc2ccccc2C1)c1ccc2nsnc2c1. The molecule has 3 aromatic rings. The van der Waals surface area contributed by atoms with Gasteiger partial charge in [0.2, 0.25) is 0 Å². The van der Waals surface area contributed by atoms with Gasteiger partial charge in [0, 0.05) is 18.5 Å². The Hall–Kier alpha value is -2.31. The van der Waals surface area contributed by atoms with Gasteiger partial charge in [-0.3, -0.25) is 4.79 Å². The quantitative estimate of drug-likeness (QED) is 0.768. The highest BCUT2D eigenvalue weighted by molar-refractivity contribution is 7.00. The Balaban J connectivity index is 1.45. The molecule has 1 aliphatic rings. The van der Waals surface area contributed by atoms with E-state index < -0.39 is 5.60 Å². The predicted octanol–water partition coefficient (Wildman–Crippen LogP) is 2.34. The van der Waals surface area contributed by atoms with Crippen LogP contribution in [0.25, 0.3) is 11.0 Å². The molecule has 0 saturated heterocycles. The number of benzene rings is 2. The summed E-state index contributed by atoms with van der Waals surface area (Å²) in [5, 5.41) is 13.7. The summed E-state index contributed by atoms with van der Waals surface area (Å²) in [6, 6.07) is 13.4. The molecule has 1 amide bonds. The second-order valence-corrected chi connectivity index (χ2v) is 6.85. The molecule has 1 aromatic heterocycles. The lowest BCUT2D eigenvalue weighted by Crippen LogP contribution is -2.46. The molecule has 0 fully saturated rings. The third-order valence-corrected chi connectivity index (χ3v) is 5.15. The van der Waals surface area contributed by atoms with E-state index in [9.17, 15) is 9.90 Å². The molecule has 1 unspecified atom stereocenters. The minimum atomic E-state index is -0.893. The zero-order chi connectivity index (χ0) is 16.6. The first-order valence-electron chi connectivity index (χ1n) is 7.93. The van der Waals surface area contributed by atoms with Crippen LogP contribution in [0.3, 0.4) is 0 Å². The Morgan fingerprint density at radius 3 is 2.83 bits per heavy atom. The third kappa shape index (κ3) is 2.90. The van der Waals surface area contributed by atoms with E-state index in [1.165, 1.54) is 5.56 Å². The van der Waals surface area contributed by atoms with Gasteiger partial charge in [0.15, 0.2) is 0 Å². The van der Waals surface area contributed by atoms with E-state index in [4.69, 9.17) is 0 Å². The summed E-state index contributed by atoms with van der Waals surface area (Å²) >= 11 is 1.13. The second kappa shape index (κ2) is 5.96. The van der Waals surface area contributed by atoms with Gasteiger partial charge in [-0.2, -0.15) is 8.75 Å². The van der Waals surface area contributed by atoms with Crippen LogP contribution in [0.4, 0.5) is 0 Å². The lowest BCUT2D eigenvalue weighted by molar-refractivity contribution is 0.0260. The molecule has 1 aliphatic carbocycles. The van der Waals surface area contributed by atoms with Crippen LogP contribution in [0.2, 0.25) is 0 Å². The van der Waals surface area contributed by atoms with Crippen LogP contribution in [0.15, 0.2) is 42.5 Å². The van der Waals surface area contributed by atoms with Gasteiger partial charge < -0.3 is 10.4 Å². The summed E-state index contributed by atoms with van der Waals surface area (Å²) in [5.41, 5.74) is 3.61. The molecule has 5 nitrogen and oxygen atoms in total. The molecule has 4 rings (SSSR count). The van der Waals surface area contributed by atoms with Crippen LogP contribution in [-0.4, -0.2) is 31.9 Å². The first-order chi connectivity index (χ1) is 11.6. The number of nitrogens with one attached hydrogen (secondary N) is 1. The molecule has 0 bridgehead atoms. The average molecular weight is 339 g/mol.